The molecule has 23 heteroatoms. The van der Waals surface area contributed by atoms with Crippen molar-refractivity contribution < 1.29 is 56.7 Å². The molecule has 21 nitrogen and oxygen atoms in total. The average Bonchev–Trinajstić information content (AvgIpc) is 3.72. The number of aromatic amines is 1. The van der Waals surface area contributed by atoms with Crippen molar-refractivity contribution in [2.75, 3.05) is 24.7 Å². The number of ether oxygens (including phenoxy) is 2. The van der Waals surface area contributed by atoms with E-state index in [1.54, 1.807) is 6.07 Å². The first-order chi connectivity index (χ1) is 21.3. The summed E-state index contributed by atoms with van der Waals surface area (Å²) in [6, 6.07) is 2.93. The van der Waals surface area contributed by atoms with Crippen molar-refractivity contribution in [3.05, 3.63) is 41.2 Å². The fourth-order valence-corrected chi connectivity index (χ4v) is 7.47. The van der Waals surface area contributed by atoms with Crippen LogP contribution < -0.4 is 17.0 Å². The summed E-state index contributed by atoms with van der Waals surface area (Å²) in [5.74, 6) is -0.0910. The van der Waals surface area contributed by atoms with E-state index in [1.807, 2.05) is 0 Å². The van der Waals surface area contributed by atoms with Crippen LogP contribution >= 0.6 is 15.6 Å². The zero-order chi connectivity index (χ0) is 31.8. The van der Waals surface area contributed by atoms with Gasteiger partial charge < -0.3 is 50.1 Å². The molecule has 7 rings (SSSR count). The number of nitrogen functional groups attached to an aromatic ring is 2. The Labute approximate surface area is 250 Å². The topological polar surface area (TPSA) is 304 Å². The van der Waals surface area contributed by atoms with Crippen molar-refractivity contribution in [1.29, 1.82) is 0 Å². The third-order valence-corrected chi connectivity index (χ3v) is 9.59. The lowest BCUT2D eigenvalue weighted by atomic mass is 10.1. The highest BCUT2D eigenvalue weighted by Gasteiger charge is 2.53. The molecule has 10 unspecified atom stereocenters. The van der Waals surface area contributed by atoms with Crippen LogP contribution in [-0.4, -0.2) is 98.9 Å². The van der Waals surface area contributed by atoms with Gasteiger partial charge in [0.15, 0.2) is 18.1 Å². The Bertz CT molecular complexity index is 1930. The minimum Gasteiger partial charge on any atom is -0.387 e. The molecule has 3 fully saturated rings. The molecule has 0 amide bonds. The predicted octanol–water partition coefficient (Wildman–Crippen LogP) is -1.13. The van der Waals surface area contributed by atoms with Gasteiger partial charge in [-0.1, -0.05) is 0 Å². The average molecular weight is 672 g/mol. The maximum absolute atomic E-state index is 13.2. The number of aromatic nitrogens is 6. The summed E-state index contributed by atoms with van der Waals surface area (Å²) < 4.78 is 61.5. The van der Waals surface area contributed by atoms with Crippen LogP contribution in [0.5, 0.6) is 0 Å². The largest absolute Gasteiger partial charge is 0.472 e. The van der Waals surface area contributed by atoms with E-state index in [9.17, 15) is 33.9 Å². The van der Waals surface area contributed by atoms with E-state index >= 15 is 0 Å². The second-order valence-electron chi connectivity index (χ2n) is 10.4. The molecule has 10 atom stereocenters. The van der Waals surface area contributed by atoms with E-state index < -0.39 is 83.5 Å². The van der Waals surface area contributed by atoms with E-state index in [4.69, 9.17) is 39.0 Å². The first-order valence-electron chi connectivity index (χ1n) is 13.2. The molecular weight excluding hydrogens is 646 g/mol. The molecule has 9 N–H and O–H groups in total. The maximum atomic E-state index is 13.2. The van der Waals surface area contributed by atoms with Crippen molar-refractivity contribution in [2.45, 2.75) is 49.1 Å². The Balaban J connectivity index is 1.21. The van der Waals surface area contributed by atoms with Gasteiger partial charge in [0.1, 0.15) is 54.4 Å². The zero-order valence-electron chi connectivity index (χ0n) is 22.7. The molecule has 45 heavy (non-hydrogen) atoms. The highest BCUT2D eigenvalue weighted by molar-refractivity contribution is 7.47. The standard InChI is InChI=1S/C22H26N8O13P2/c23-16-8-1-3-29(17(8)26-7-25-16)20-13(32)14-11(41-20)6-39-45(36,37)43-15-12(31)10(5-38-44(34,35)42-14)40-21(15)30-4-2-9-18(30)27-22(24)28-19(9)33/h1-4,7,10-15,20-21,31-32H,5-6H2,(H,34,35)(H,36,37)(H2,23,25,26)(H3,24,27,28,33). The van der Waals surface area contributed by atoms with Crippen molar-refractivity contribution in [1.82, 2.24) is 29.1 Å². The molecule has 3 aliphatic rings. The molecule has 4 aromatic rings. The summed E-state index contributed by atoms with van der Waals surface area (Å²) in [4.78, 5) is 48.1. The number of anilines is 2. The zero-order valence-corrected chi connectivity index (χ0v) is 24.5. The van der Waals surface area contributed by atoms with Gasteiger partial charge in [0.25, 0.3) is 5.56 Å². The Morgan fingerprint density at radius 2 is 1.47 bits per heavy atom. The van der Waals surface area contributed by atoms with Crippen LogP contribution in [-0.2, 0) is 36.7 Å². The molecule has 7 heterocycles. The molecule has 3 aliphatic heterocycles. The van der Waals surface area contributed by atoms with Crippen LogP contribution in [0.25, 0.3) is 22.1 Å². The lowest BCUT2D eigenvalue weighted by Gasteiger charge is -2.26. The second-order valence-corrected chi connectivity index (χ2v) is 13.2. The smallest absolute Gasteiger partial charge is 0.387 e. The molecule has 242 valence electrons. The number of phosphoric acid groups is 2. The third-order valence-electron chi connectivity index (χ3n) is 7.62. The normalized spacial score (nSPS) is 37.7. The minimum absolute atomic E-state index is 0.0126. The van der Waals surface area contributed by atoms with Gasteiger partial charge in [-0.15, -0.1) is 0 Å². The Hall–Kier alpha value is -3.30. The molecular formula is C22H26N8O13P2. The number of phosphoric ester groups is 2. The Kier molecular flexibility index (Phi) is 7.36. The molecule has 0 saturated carbocycles. The van der Waals surface area contributed by atoms with Crippen molar-refractivity contribution in [3.8, 4) is 0 Å². The fourth-order valence-electron chi connectivity index (χ4n) is 5.57. The molecule has 2 bridgehead atoms. The van der Waals surface area contributed by atoms with Crippen molar-refractivity contribution >= 4 is 49.5 Å². The van der Waals surface area contributed by atoms with Crippen LogP contribution in [0.4, 0.5) is 11.8 Å². The molecule has 0 spiro atoms. The van der Waals surface area contributed by atoms with Gasteiger partial charge in [0, 0.05) is 12.4 Å². The van der Waals surface area contributed by atoms with Gasteiger partial charge in [-0.05, 0) is 12.1 Å². The van der Waals surface area contributed by atoms with E-state index in [2.05, 4.69) is 19.9 Å². The Morgan fingerprint density at radius 1 is 0.844 bits per heavy atom. The summed E-state index contributed by atoms with van der Waals surface area (Å²) in [5.41, 5.74) is 11.2. The Morgan fingerprint density at radius 3 is 2.20 bits per heavy atom. The van der Waals surface area contributed by atoms with Crippen LogP contribution in [0, 0.1) is 0 Å². The summed E-state index contributed by atoms with van der Waals surface area (Å²) in [7, 11) is -10.1. The van der Waals surface area contributed by atoms with Crippen LogP contribution in [0.2, 0.25) is 0 Å². The number of nitrogens with zero attached hydrogens (tertiary/aromatic N) is 5. The lowest BCUT2D eigenvalue weighted by Crippen LogP contribution is -2.36. The highest BCUT2D eigenvalue weighted by atomic mass is 31.2. The number of aliphatic hydroxyl groups is 2. The molecule has 0 aromatic carbocycles. The number of nitrogens with one attached hydrogen (secondary N) is 1. The number of rotatable bonds is 2. The van der Waals surface area contributed by atoms with Crippen molar-refractivity contribution in [2.24, 2.45) is 0 Å². The van der Waals surface area contributed by atoms with E-state index in [0.717, 1.165) is 0 Å². The van der Waals surface area contributed by atoms with Gasteiger partial charge >= 0.3 is 15.6 Å². The fraction of sp³-hybridized carbons (Fsp3) is 0.455. The molecule has 0 aliphatic carbocycles. The minimum atomic E-state index is -5.08. The maximum Gasteiger partial charge on any atom is 0.472 e. The summed E-state index contributed by atoms with van der Waals surface area (Å²) in [6.45, 7) is -1.59. The van der Waals surface area contributed by atoms with Crippen LogP contribution in [0.15, 0.2) is 35.6 Å². The van der Waals surface area contributed by atoms with Crippen LogP contribution in [0.3, 0.4) is 0 Å². The van der Waals surface area contributed by atoms with Gasteiger partial charge in [-0.25, -0.2) is 19.1 Å². The molecule has 4 aromatic heterocycles. The summed E-state index contributed by atoms with van der Waals surface area (Å²) in [5, 5.41) is 22.7. The quantitative estimate of drug-likeness (QED) is 0.124. The lowest BCUT2D eigenvalue weighted by molar-refractivity contribution is -0.0670. The van der Waals surface area contributed by atoms with Gasteiger partial charge in [-0.3, -0.25) is 27.9 Å². The second kappa shape index (κ2) is 10.9. The third kappa shape index (κ3) is 5.35. The number of aliphatic hydroxyl groups excluding tert-OH is 2. The molecule has 0 radical (unpaired) electrons. The van der Waals surface area contributed by atoms with Gasteiger partial charge in [0.2, 0.25) is 5.95 Å². The summed E-state index contributed by atoms with van der Waals surface area (Å²) in [6.07, 6.45) is -8.28. The predicted molar refractivity (Wildman–Crippen MR) is 148 cm³/mol. The summed E-state index contributed by atoms with van der Waals surface area (Å²) >= 11 is 0. The van der Waals surface area contributed by atoms with Gasteiger partial charge in [0.05, 0.1) is 24.0 Å². The first kappa shape index (κ1) is 30.4. The molecule has 3 saturated heterocycles. The monoisotopic (exact) mass is 672 g/mol. The number of H-pyrrole nitrogens is 1. The number of hydrogen-bond donors (Lipinski definition) is 7. The van der Waals surface area contributed by atoms with E-state index in [-0.39, 0.29) is 28.4 Å². The van der Waals surface area contributed by atoms with Gasteiger partial charge in [-0.2, -0.15) is 4.98 Å². The SMILES string of the molecule is Nc1nc2c(ccn2C2OC3COP(=O)(O)OC4C(COP(=O)(O)OC2C3O)OC(n2ccc3c(N)ncnc32)C4O)c(=O)[nH]1. The van der Waals surface area contributed by atoms with Crippen LogP contribution in [0.1, 0.15) is 12.5 Å². The van der Waals surface area contributed by atoms with E-state index in [1.165, 1.54) is 33.9 Å². The highest BCUT2D eigenvalue weighted by Crippen LogP contribution is 2.53. The van der Waals surface area contributed by atoms with E-state index in [0.29, 0.717) is 5.39 Å². The number of fused-ring (bicyclic) bond motifs is 5. The number of hydrogen-bond acceptors (Lipinski definition) is 16. The first-order valence-corrected chi connectivity index (χ1v) is 16.2. The van der Waals surface area contributed by atoms with Crippen molar-refractivity contribution in [3.63, 3.8) is 0 Å². The number of nitrogens with two attached hydrogens (primary N) is 2.